The molecule has 5 rings (SSSR count). The quantitative estimate of drug-likeness (QED) is 0.0343. The van der Waals surface area contributed by atoms with Crippen LogP contribution >= 0.6 is 0 Å². The molecule has 0 saturated carbocycles. The first kappa shape index (κ1) is 53.6. The van der Waals surface area contributed by atoms with Gasteiger partial charge in [0.1, 0.15) is 11.5 Å². The maximum Gasteiger partial charge on any atom is 0.119 e. The van der Waals surface area contributed by atoms with E-state index >= 15 is 0 Å². The van der Waals surface area contributed by atoms with Crippen molar-refractivity contribution in [3.63, 3.8) is 0 Å². The van der Waals surface area contributed by atoms with Gasteiger partial charge in [-0.15, -0.1) is 0 Å². The van der Waals surface area contributed by atoms with Gasteiger partial charge in [0.2, 0.25) is 0 Å². The minimum Gasteiger partial charge on any atom is -0.494 e. The van der Waals surface area contributed by atoms with Crippen LogP contribution in [0.1, 0.15) is 254 Å². The van der Waals surface area contributed by atoms with E-state index in [9.17, 15) is 0 Å². The normalized spacial score (nSPS) is 12.2. The van der Waals surface area contributed by atoms with Gasteiger partial charge in [-0.1, -0.05) is 230 Å². The van der Waals surface area contributed by atoms with E-state index in [1.54, 1.807) is 0 Å². The molecule has 2 nitrogen and oxygen atoms in total. The second kappa shape index (κ2) is 32.4. The molecule has 0 saturated heterocycles. The van der Waals surface area contributed by atoms with Crippen molar-refractivity contribution in [1.82, 2.24) is 0 Å². The highest BCUT2D eigenvalue weighted by atomic mass is 16.5. The number of ether oxygens (including phenoxy) is 2. The second-order valence-corrected chi connectivity index (χ2v) is 19.8. The minimum atomic E-state index is -0.0397. The molecule has 0 atom stereocenters. The standard InChI is InChI=1S/C65H90O2/c1-5-9-13-17-19-21-23-25-27-31-51-66-59-43-37-55(38-44-59)33-35-57-41-47-61-62-48-42-58(54-64(62)65(63(61)53-57,49-29-15-11-7-3)50-30-16-12-8-4)36-34-56-39-45-60(46-40-56)67-52-32-28-26-24-22-20-18-14-10-6-2/h37-48,53-54H,5-32,49-52H2,1-4H3. The summed E-state index contributed by atoms with van der Waals surface area (Å²) in [6, 6.07) is 30.9. The van der Waals surface area contributed by atoms with E-state index < -0.39 is 0 Å². The average Bonchev–Trinajstić information content (AvgIpc) is 3.62. The summed E-state index contributed by atoms with van der Waals surface area (Å²) in [6.45, 7) is 10.8. The lowest BCUT2D eigenvalue weighted by molar-refractivity contribution is 0.304. The van der Waals surface area contributed by atoms with Gasteiger partial charge in [0.05, 0.1) is 13.2 Å². The molecule has 1 aliphatic rings. The average molecular weight is 903 g/mol. The van der Waals surface area contributed by atoms with Gasteiger partial charge in [0.15, 0.2) is 0 Å². The Labute approximate surface area is 411 Å². The summed E-state index contributed by atoms with van der Waals surface area (Å²) in [5.74, 6) is 16.0. The van der Waals surface area contributed by atoms with E-state index in [1.165, 1.54) is 189 Å². The summed E-state index contributed by atoms with van der Waals surface area (Å²) in [7, 11) is 0. The van der Waals surface area contributed by atoms with Gasteiger partial charge < -0.3 is 9.47 Å². The first-order chi connectivity index (χ1) is 33.1. The molecule has 0 radical (unpaired) electrons. The fraction of sp³-hybridized carbons (Fsp3) is 0.569. The summed E-state index contributed by atoms with van der Waals surface area (Å²) in [5.41, 5.74) is 9.89. The van der Waals surface area contributed by atoms with Crippen molar-refractivity contribution in [1.29, 1.82) is 0 Å². The molecular formula is C65H90O2. The van der Waals surface area contributed by atoms with Crippen LogP contribution in [0.3, 0.4) is 0 Å². The van der Waals surface area contributed by atoms with Crippen LogP contribution in [0.4, 0.5) is 0 Å². The van der Waals surface area contributed by atoms with Crippen molar-refractivity contribution in [3.05, 3.63) is 118 Å². The number of rotatable bonds is 34. The molecule has 0 N–H and O–H groups in total. The van der Waals surface area contributed by atoms with Crippen molar-refractivity contribution in [2.24, 2.45) is 0 Å². The zero-order valence-electron chi connectivity index (χ0n) is 43.0. The molecule has 0 amide bonds. The molecule has 0 heterocycles. The van der Waals surface area contributed by atoms with E-state index in [0.717, 1.165) is 72.6 Å². The van der Waals surface area contributed by atoms with Gasteiger partial charge in [-0.2, -0.15) is 0 Å². The smallest absolute Gasteiger partial charge is 0.119 e. The highest BCUT2D eigenvalue weighted by Crippen LogP contribution is 2.54. The van der Waals surface area contributed by atoms with Gasteiger partial charge in [0, 0.05) is 27.7 Å². The molecule has 0 fully saturated rings. The van der Waals surface area contributed by atoms with E-state index in [-0.39, 0.29) is 5.41 Å². The highest BCUT2D eigenvalue weighted by Gasteiger charge is 2.42. The minimum absolute atomic E-state index is 0.0397. The molecule has 4 aromatic rings. The Hall–Kier alpha value is -4.40. The van der Waals surface area contributed by atoms with Crippen LogP contribution in [0.15, 0.2) is 84.9 Å². The summed E-state index contributed by atoms with van der Waals surface area (Å²) in [4.78, 5) is 0. The summed E-state index contributed by atoms with van der Waals surface area (Å²) in [5, 5.41) is 0. The summed E-state index contributed by atoms with van der Waals surface area (Å²) < 4.78 is 12.2. The molecule has 0 aromatic heterocycles. The van der Waals surface area contributed by atoms with Crippen molar-refractivity contribution in [2.75, 3.05) is 13.2 Å². The predicted octanol–water partition coefficient (Wildman–Crippen LogP) is 19.3. The highest BCUT2D eigenvalue weighted by molar-refractivity contribution is 5.82. The lowest BCUT2D eigenvalue weighted by Crippen LogP contribution is -2.26. The Morgan fingerprint density at radius 3 is 0.940 bits per heavy atom. The zero-order valence-corrected chi connectivity index (χ0v) is 43.0. The lowest BCUT2D eigenvalue weighted by atomic mass is 9.70. The number of benzene rings is 4. The molecule has 2 heteroatoms. The zero-order chi connectivity index (χ0) is 47.0. The van der Waals surface area contributed by atoms with Gasteiger partial charge in [0.25, 0.3) is 0 Å². The third kappa shape index (κ3) is 18.9. The first-order valence-electron chi connectivity index (χ1n) is 27.9. The molecule has 0 spiro atoms. The topological polar surface area (TPSA) is 18.5 Å². The molecule has 67 heavy (non-hydrogen) atoms. The van der Waals surface area contributed by atoms with Crippen LogP contribution in [-0.4, -0.2) is 13.2 Å². The number of fused-ring (bicyclic) bond motifs is 3. The molecule has 4 aromatic carbocycles. The van der Waals surface area contributed by atoms with Crippen molar-refractivity contribution < 1.29 is 9.47 Å². The van der Waals surface area contributed by atoms with E-state index in [1.807, 2.05) is 0 Å². The van der Waals surface area contributed by atoms with Crippen LogP contribution in [0, 0.1) is 23.7 Å². The fourth-order valence-corrected chi connectivity index (χ4v) is 10.1. The predicted molar refractivity (Wildman–Crippen MR) is 290 cm³/mol. The van der Waals surface area contributed by atoms with Gasteiger partial charge >= 0.3 is 0 Å². The van der Waals surface area contributed by atoms with Crippen LogP contribution in [0.2, 0.25) is 0 Å². The van der Waals surface area contributed by atoms with Crippen molar-refractivity contribution in [2.45, 2.75) is 226 Å². The van der Waals surface area contributed by atoms with Crippen LogP contribution in [0.5, 0.6) is 11.5 Å². The van der Waals surface area contributed by atoms with E-state index in [4.69, 9.17) is 9.47 Å². The fourth-order valence-electron chi connectivity index (χ4n) is 10.1. The first-order valence-corrected chi connectivity index (χ1v) is 27.9. The Morgan fingerprint density at radius 2 is 0.597 bits per heavy atom. The molecule has 0 unspecified atom stereocenters. The Morgan fingerprint density at radius 1 is 0.313 bits per heavy atom. The third-order valence-corrected chi connectivity index (χ3v) is 14.2. The van der Waals surface area contributed by atoms with Gasteiger partial charge in [-0.25, -0.2) is 0 Å². The van der Waals surface area contributed by atoms with Gasteiger partial charge in [-0.05, 0) is 121 Å². The molecule has 362 valence electrons. The van der Waals surface area contributed by atoms with Crippen LogP contribution < -0.4 is 9.47 Å². The molecular weight excluding hydrogens is 813 g/mol. The second-order valence-electron chi connectivity index (χ2n) is 19.8. The number of hydrogen-bond acceptors (Lipinski definition) is 2. The van der Waals surface area contributed by atoms with E-state index in [2.05, 4.69) is 136 Å². The SMILES string of the molecule is CCCCCCCCCCCCOc1ccc(C#Cc2ccc3c(c2)C(CCCCCC)(CCCCCC)c2cc(C#Cc4ccc(OCCCCCCCCCCCC)cc4)ccc2-3)cc1. The van der Waals surface area contributed by atoms with Crippen molar-refractivity contribution >= 4 is 0 Å². The monoisotopic (exact) mass is 903 g/mol. The third-order valence-electron chi connectivity index (χ3n) is 14.2. The molecule has 1 aliphatic carbocycles. The maximum atomic E-state index is 6.12. The van der Waals surface area contributed by atoms with Crippen LogP contribution in [0.25, 0.3) is 11.1 Å². The van der Waals surface area contributed by atoms with Gasteiger partial charge in [-0.3, -0.25) is 0 Å². The Kier molecular flexibility index (Phi) is 25.9. The Bertz CT molecular complexity index is 1910. The summed E-state index contributed by atoms with van der Waals surface area (Å²) in [6.07, 6.45) is 39.1. The maximum absolute atomic E-state index is 6.12. The molecule has 0 aliphatic heterocycles. The summed E-state index contributed by atoms with van der Waals surface area (Å²) >= 11 is 0. The van der Waals surface area contributed by atoms with Crippen molar-refractivity contribution in [3.8, 4) is 46.3 Å². The number of hydrogen-bond donors (Lipinski definition) is 0. The Balaban J connectivity index is 1.22. The lowest BCUT2D eigenvalue weighted by Gasteiger charge is -2.33. The van der Waals surface area contributed by atoms with Crippen LogP contribution in [-0.2, 0) is 5.41 Å². The molecule has 0 bridgehead atoms. The van der Waals surface area contributed by atoms with E-state index in [0.29, 0.717) is 0 Å². The largest absolute Gasteiger partial charge is 0.494 e. The number of unbranched alkanes of at least 4 members (excludes halogenated alkanes) is 24.